The molecule has 108 valence electrons. The second kappa shape index (κ2) is 6.29. The Labute approximate surface area is 119 Å². The molecule has 0 fully saturated rings. The maximum Gasteiger partial charge on any atom is 0.191 e. The molecule has 0 aromatic heterocycles. The molecule has 2 N–H and O–H groups in total. The van der Waals surface area contributed by atoms with Gasteiger partial charge in [0.15, 0.2) is 17.4 Å². The fraction of sp³-hybridized carbons (Fsp3) is 0.133. The molecule has 0 bridgehead atoms. The molecule has 2 aromatic carbocycles. The van der Waals surface area contributed by atoms with E-state index in [9.17, 15) is 13.2 Å². The molecule has 2 aromatic rings. The number of nitrogens with two attached hydrogens (primary N) is 1. The highest BCUT2D eigenvalue weighted by Crippen LogP contribution is 2.24. The normalized spacial score (nSPS) is 10.2. The van der Waals surface area contributed by atoms with Crippen molar-refractivity contribution in [1.82, 2.24) is 0 Å². The number of nitriles is 1. The van der Waals surface area contributed by atoms with Crippen LogP contribution >= 0.6 is 0 Å². The molecule has 0 amide bonds. The van der Waals surface area contributed by atoms with Gasteiger partial charge in [0, 0.05) is 6.54 Å². The zero-order chi connectivity index (χ0) is 15.4. The second-order valence-corrected chi connectivity index (χ2v) is 4.34. The topological polar surface area (TPSA) is 59.0 Å². The smallest absolute Gasteiger partial charge is 0.191 e. The Hall–Kier alpha value is -2.52. The van der Waals surface area contributed by atoms with Crippen LogP contribution in [-0.4, -0.2) is 0 Å². The molecule has 0 saturated heterocycles. The summed E-state index contributed by atoms with van der Waals surface area (Å²) in [5, 5.41) is 8.73. The van der Waals surface area contributed by atoms with E-state index in [4.69, 9.17) is 15.7 Å². The molecule has 0 radical (unpaired) electrons. The first-order valence-corrected chi connectivity index (χ1v) is 6.04. The van der Waals surface area contributed by atoms with Crippen LogP contribution in [0.1, 0.15) is 16.7 Å². The zero-order valence-corrected chi connectivity index (χ0v) is 10.9. The van der Waals surface area contributed by atoms with E-state index in [1.54, 1.807) is 6.07 Å². The lowest BCUT2D eigenvalue weighted by Crippen LogP contribution is -2.04. The average molecular weight is 292 g/mol. The van der Waals surface area contributed by atoms with Gasteiger partial charge in [-0.3, -0.25) is 0 Å². The third-order valence-corrected chi connectivity index (χ3v) is 2.76. The van der Waals surface area contributed by atoms with Gasteiger partial charge in [-0.05, 0) is 41.5 Å². The van der Waals surface area contributed by atoms with Gasteiger partial charge in [-0.2, -0.15) is 5.26 Å². The highest BCUT2D eigenvalue weighted by Gasteiger charge is 2.13. The zero-order valence-electron chi connectivity index (χ0n) is 10.9. The monoisotopic (exact) mass is 292 g/mol. The quantitative estimate of drug-likeness (QED) is 0.942. The molecule has 2 rings (SSSR count). The van der Waals surface area contributed by atoms with E-state index in [0.717, 1.165) is 24.3 Å². The first-order valence-electron chi connectivity index (χ1n) is 6.04. The minimum atomic E-state index is -0.882. The van der Waals surface area contributed by atoms with Crippen molar-refractivity contribution in [3.05, 3.63) is 64.5 Å². The van der Waals surface area contributed by atoms with Crippen LogP contribution in [0.2, 0.25) is 0 Å². The number of nitrogens with zero attached hydrogens (tertiary/aromatic N) is 1. The number of ether oxygens (including phenoxy) is 1. The molecule has 0 aliphatic heterocycles. The summed E-state index contributed by atoms with van der Waals surface area (Å²) in [5.41, 5.74) is 6.01. The third kappa shape index (κ3) is 3.52. The molecular formula is C15H11F3N2O. The minimum absolute atomic E-state index is 0.00352. The van der Waals surface area contributed by atoms with Crippen LogP contribution in [0.25, 0.3) is 0 Å². The molecule has 0 spiro atoms. The molecule has 3 nitrogen and oxygen atoms in total. The first-order chi connectivity index (χ1) is 10.0. The van der Waals surface area contributed by atoms with E-state index < -0.39 is 23.2 Å². The molecule has 0 aliphatic rings. The molecule has 0 aliphatic carbocycles. The van der Waals surface area contributed by atoms with Crippen LogP contribution < -0.4 is 10.5 Å². The van der Waals surface area contributed by atoms with E-state index in [1.165, 1.54) is 6.07 Å². The first kappa shape index (κ1) is 14.9. The standard InChI is InChI=1S/C15H11F3N2O/c16-12-2-9(6-19)1-11(3-12)8-21-15-13(17)4-10(7-20)5-14(15)18/h1-5H,7-8,20H2. The number of rotatable bonds is 4. The van der Waals surface area contributed by atoms with Crippen LogP contribution in [0.5, 0.6) is 5.75 Å². The van der Waals surface area contributed by atoms with Gasteiger partial charge >= 0.3 is 0 Å². The molecule has 6 heteroatoms. The summed E-state index contributed by atoms with van der Waals surface area (Å²) in [6.07, 6.45) is 0. The molecule has 0 atom stereocenters. The summed E-state index contributed by atoms with van der Waals surface area (Å²) >= 11 is 0. The number of halogens is 3. The number of hydrogen-bond acceptors (Lipinski definition) is 3. The van der Waals surface area contributed by atoms with Crippen molar-refractivity contribution in [2.75, 3.05) is 0 Å². The Kier molecular flexibility index (Phi) is 4.45. The SMILES string of the molecule is N#Cc1cc(F)cc(COc2c(F)cc(CN)cc2F)c1. The Morgan fingerprint density at radius 1 is 1.00 bits per heavy atom. The van der Waals surface area contributed by atoms with Crippen LogP contribution in [0, 0.1) is 28.8 Å². The lowest BCUT2D eigenvalue weighted by molar-refractivity contribution is 0.273. The van der Waals surface area contributed by atoms with Crippen LogP contribution in [0.3, 0.4) is 0 Å². The van der Waals surface area contributed by atoms with Gasteiger partial charge in [0.25, 0.3) is 0 Å². The lowest BCUT2D eigenvalue weighted by atomic mass is 10.1. The van der Waals surface area contributed by atoms with Crippen LogP contribution in [-0.2, 0) is 13.2 Å². The van der Waals surface area contributed by atoms with Gasteiger partial charge in [-0.15, -0.1) is 0 Å². The van der Waals surface area contributed by atoms with Gasteiger partial charge in [0.05, 0.1) is 11.6 Å². The summed E-state index contributed by atoms with van der Waals surface area (Å²) in [6.45, 7) is -0.258. The fourth-order valence-electron chi connectivity index (χ4n) is 1.82. The van der Waals surface area contributed by atoms with E-state index in [-0.39, 0.29) is 18.7 Å². The summed E-state index contributed by atoms with van der Waals surface area (Å²) < 4.78 is 45.6. The fourth-order valence-corrected chi connectivity index (χ4v) is 1.82. The second-order valence-electron chi connectivity index (χ2n) is 4.34. The largest absolute Gasteiger partial charge is 0.483 e. The molecule has 0 unspecified atom stereocenters. The minimum Gasteiger partial charge on any atom is -0.483 e. The molecule has 21 heavy (non-hydrogen) atoms. The highest BCUT2D eigenvalue weighted by atomic mass is 19.1. The summed E-state index contributed by atoms with van der Waals surface area (Å²) in [7, 11) is 0. The van der Waals surface area contributed by atoms with E-state index >= 15 is 0 Å². The van der Waals surface area contributed by atoms with Crippen LogP contribution in [0.4, 0.5) is 13.2 Å². The van der Waals surface area contributed by atoms with Crippen molar-refractivity contribution >= 4 is 0 Å². The summed E-state index contributed by atoms with van der Waals surface area (Å²) in [6, 6.07) is 7.50. The van der Waals surface area contributed by atoms with Gasteiger partial charge in [-0.25, -0.2) is 13.2 Å². The molecule has 0 heterocycles. The molecular weight excluding hydrogens is 281 g/mol. The highest BCUT2D eigenvalue weighted by molar-refractivity contribution is 5.35. The number of benzene rings is 2. The maximum absolute atomic E-state index is 13.7. The van der Waals surface area contributed by atoms with Crippen molar-refractivity contribution in [1.29, 1.82) is 5.26 Å². The molecule has 0 saturated carbocycles. The van der Waals surface area contributed by atoms with Crippen molar-refractivity contribution in [3.8, 4) is 11.8 Å². The Morgan fingerprint density at radius 3 is 2.24 bits per heavy atom. The predicted molar refractivity (Wildman–Crippen MR) is 69.7 cm³/mol. The Bertz CT molecular complexity index is 688. The number of hydrogen-bond donors (Lipinski definition) is 1. The van der Waals surface area contributed by atoms with Crippen LogP contribution in [0.15, 0.2) is 30.3 Å². The van der Waals surface area contributed by atoms with Crippen molar-refractivity contribution < 1.29 is 17.9 Å². The predicted octanol–water partition coefficient (Wildman–Crippen LogP) is 3.01. The Balaban J connectivity index is 2.21. The lowest BCUT2D eigenvalue weighted by Gasteiger charge is -2.10. The van der Waals surface area contributed by atoms with Gasteiger partial charge < -0.3 is 10.5 Å². The van der Waals surface area contributed by atoms with E-state index in [1.807, 2.05) is 0 Å². The maximum atomic E-state index is 13.7. The average Bonchev–Trinajstić information content (AvgIpc) is 2.45. The van der Waals surface area contributed by atoms with E-state index in [0.29, 0.717) is 11.1 Å². The van der Waals surface area contributed by atoms with E-state index in [2.05, 4.69) is 0 Å². The van der Waals surface area contributed by atoms with Gasteiger partial charge in [-0.1, -0.05) is 0 Å². The Morgan fingerprint density at radius 2 is 1.67 bits per heavy atom. The van der Waals surface area contributed by atoms with Gasteiger partial charge in [0.2, 0.25) is 0 Å². The van der Waals surface area contributed by atoms with Crippen molar-refractivity contribution in [2.24, 2.45) is 5.73 Å². The van der Waals surface area contributed by atoms with Crippen molar-refractivity contribution in [3.63, 3.8) is 0 Å². The summed E-state index contributed by atoms with van der Waals surface area (Å²) in [4.78, 5) is 0. The third-order valence-electron chi connectivity index (χ3n) is 2.76. The van der Waals surface area contributed by atoms with Crippen molar-refractivity contribution in [2.45, 2.75) is 13.2 Å². The van der Waals surface area contributed by atoms with Gasteiger partial charge in [0.1, 0.15) is 12.4 Å². The summed E-state index contributed by atoms with van der Waals surface area (Å²) in [5.74, 6) is -2.94.